The van der Waals surface area contributed by atoms with Crippen molar-refractivity contribution in [1.82, 2.24) is 0 Å². The van der Waals surface area contributed by atoms with Crippen molar-refractivity contribution in [2.75, 3.05) is 17.2 Å². The van der Waals surface area contributed by atoms with E-state index in [4.69, 9.17) is 4.74 Å². The Morgan fingerprint density at radius 1 is 0.933 bits per heavy atom. The van der Waals surface area contributed by atoms with Crippen LogP contribution in [0.25, 0.3) is 0 Å². The molecule has 0 unspecified atom stereocenters. The fourth-order valence-electron chi connectivity index (χ4n) is 2.48. The minimum Gasteiger partial charge on any atom is -0.484 e. The monoisotopic (exact) mass is 469 g/mol. The average Bonchev–Trinajstić information content (AvgIpc) is 2.75. The molecule has 3 rings (SSSR count). The van der Waals surface area contributed by atoms with Crippen LogP contribution in [0.15, 0.2) is 77.3 Å². The third-order valence-corrected chi connectivity index (χ3v) is 4.46. The predicted molar refractivity (Wildman–Crippen MR) is 116 cm³/mol. The van der Waals surface area contributed by atoms with Crippen molar-refractivity contribution < 1.29 is 19.2 Å². The number of nitrogens with one attached hydrogen (secondary N) is 2. The maximum Gasteiger partial charge on any atom is 0.270 e. The topological polar surface area (TPSA) is 111 Å². The molecule has 30 heavy (non-hydrogen) atoms. The van der Waals surface area contributed by atoms with Crippen molar-refractivity contribution >= 4 is 44.8 Å². The molecule has 3 aromatic rings. The number of anilines is 2. The Hall–Kier alpha value is -3.72. The second kappa shape index (κ2) is 9.66. The van der Waals surface area contributed by atoms with Crippen LogP contribution in [-0.4, -0.2) is 23.3 Å². The molecule has 0 aromatic heterocycles. The molecule has 9 heteroatoms. The molecular formula is C21H16BrN3O5. The lowest BCUT2D eigenvalue weighted by atomic mass is 10.2. The molecule has 152 valence electrons. The number of non-ortho nitro benzene ring substituents is 1. The van der Waals surface area contributed by atoms with Gasteiger partial charge in [0.1, 0.15) is 5.75 Å². The molecule has 3 aromatic carbocycles. The van der Waals surface area contributed by atoms with E-state index in [9.17, 15) is 19.7 Å². The smallest absolute Gasteiger partial charge is 0.270 e. The fraction of sp³-hybridized carbons (Fsp3) is 0.0476. The zero-order chi connectivity index (χ0) is 21.5. The predicted octanol–water partition coefficient (Wildman–Crippen LogP) is 4.63. The SMILES string of the molecule is O=C(COc1ccc(NC(=O)c2cccc([N+](=O)[O-])c2)cc1)Nc1ccc(Br)cc1. The second-order valence-electron chi connectivity index (χ2n) is 6.13. The first-order valence-electron chi connectivity index (χ1n) is 8.75. The Labute approximate surface area is 180 Å². The zero-order valence-electron chi connectivity index (χ0n) is 15.5. The zero-order valence-corrected chi connectivity index (χ0v) is 17.1. The third-order valence-electron chi connectivity index (χ3n) is 3.93. The Kier molecular flexibility index (Phi) is 6.76. The first kappa shape index (κ1) is 21.0. The molecular weight excluding hydrogens is 454 g/mol. The van der Waals surface area contributed by atoms with E-state index >= 15 is 0 Å². The fourth-order valence-corrected chi connectivity index (χ4v) is 2.74. The minimum absolute atomic E-state index is 0.159. The molecule has 0 saturated heterocycles. The summed E-state index contributed by atoms with van der Waals surface area (Å²) in [7, 11) is 0. The number of carbonyl (C=O) groups is 2. The summed E-state index contributed by atoms with van der Waals surface area (Å²) in [5, 5.41) is 16.2. The van der Waals surface area contributed by atoms with Crippen LogP contribution >= 0.6 is 15.9 Å². The molecule has 0 radical (unpaired) electrons. The largest absolute Gasteiger partial charge is 0.484 e. The summed E-state index contributed by atoms with van der Waals surface area (Å²) >= 11 is 3.33. The maximum absolute atomic E-state index is 12.3. The van der Waals surface area contributed by atoms with Gasteiger partial charge in [0.15, 0.2) is 6.61 Å². The summed E-state index contributed by atoms with van der Waals surface area (Å²) in [4.78, 5) is 34.5. The van der Waals surface area contributed by atoms with Crippen molar-refractivity contribution in [3.8, 4) is 5.75 Å². The van der Waals surface area contributed by atoms with Crippen molar-refractivity contribution in [2.45, 2.75) is 0 Å². The van der Waals surface area contributed by atoms with Crippen LogP contribution in [0, 0.1) is 10.1 Å². The summed E-state index contributed by atoms with van der Waals surface area (Å²) in [5.41, 5.74) is 1.16. The number of rotatable bonds is 7. The summed E-state index contributed by atoms with van der Waals surface area (Å²) in [6, 6.07) is 19.1. The summed E-state index contributed by atoms with van der Waals surface area (Å²) in [5.74, 6) is -0.323. The minimum atomic E-state index is -0.560. The van der Waals surface area contributed by atoms with Crippen molar-refractivity contribution in [3.05, 3.63) is 92.9 Å². The lowest BCUT2D eigenvalue weighted by Gasteiger charge is -2.09. The molecule has 2 amide bonds. The number of benzene rings is 3. The van der Waals surface area contributed by atoms with Gasteiger partial charge < -0.3 is 15.4 Å². The van der Waals surface area contributed by atoms with Crippen LogP contribution in [0.2, 0.25) is 0 Å². The van der Waals surface area contributed by atoms with Crippen LogP contribution < -0.4 is 15.4 Å². The van der Waals surface area contributed by atoms with E-state index in [1.54, 1.807) is 36.4 Å². The van der Waals surface area contributed by atoms with Gasteiger partial charge in [-0.15, -0.1) is 0 Å². The Morgan fingerprint density at radius 2 is 1.57 bits per heavy atom. The van der Waals surface area contributed by atoms with Crippen LogP contribution in [-0.2, 0) is 4.79 Å². The van der Waals surface area contributed by atoms with Gasteiger partial charge in [0.2, 0.25) is 0 Å². The standard InChI is InChI=1S/C21H16BrN3O5/c22-15-4-6-16(7-5-15)23-20(26)13-30-19-10-8-17(9-11-19)24-21(27)14-2-1-3-18(12-14)25(28)29/h1-12H,13H2,(H,23,26)(H,24,27). The molecule has 0 aliphatic carbocycles. The van der Waals surface area contributed by atoms with Gasteiger partial charge in [0.05, 0.1) is 4.92 Å². The first-order valence-corrected chi connectivity index (χ1v) is 9.54. The van der Waals surface area contributed by atoms with E-state index in [1.165, 1.54) is 24.3 Å². The number of carbonyl (C=O) groups excluding carboxylic acids is 2. The lowest BCUT2D eigenvalue weighted by Crippen LogP contribution is -2.20. The number of nitro groups is 1. The molecule has 2 N–H and O–H groups in total. The van der Waals surface area contributed by atoms with E-state index < -0.39 is 10.8 Å². The summed E-state index contributed by atoms with van der Waals surface area (Å²) in [6.07, 6.45) is 0. The van der Waals surface area contributed by atoms with Gasteiger partial charge in [0.25, 0.3) is 17.5 Å². The molecule has 0 heterocycles. The Bertz CT molecular complexity index is 1070. The van der Waals surface area contributed by atoms with Gasteiger partial charge >= 0.3 is 0 Å². The first-order chi connectivity index (χ1) is 14.4. The van der Waals surface area contributed by atoms with Crippen molar-refractivity contribution in [3.63, 3.8) is 0 Å². The number of nitro benzene ring substituents is 1. The second-order valence-corrected chi connectivity index (χ2v) is 7.05. The quantitative estimate of drug-likeness (QED) is 0.387. The number of hydrogen-bond donors (Lipinski definition) is 2. The van der Waals surface area contributed by atoms with E-state index in [0.29, 0.717) is 17.1 Å². The van der Waals surface area contributed by atoms with Gasteiger partial charge in [-0.3, -0.25) is 19.7 Å². The molecule has 0 aliphatic rings. The van der Waals surface area contributed by atoms with E-state index in [1.807, 2.05) is 12.1 Å². The number of amides is 2. The maximum atomic E-state index is 12.3. The normalized spacial score (nSPS) is 10.2. The van der Waals surface area contributed by atoms with E-state index in [2.05, 4.69) is 26.6 Å². The van der Waals surface area contributed by atoms with Gasteiger partial charge in [0, 0.05) is 33.5 Å². The summed E-state index contributed by atoms with van der Waals surface area (Å²) < 4.78 is 6.35. The third kappa shape index (κ3) is 5.89. The summed E-state index contributed by atoms with van der Waals surface area (Å²) in [6.45, 7) is -0.171. The molecule has 8 nitrogen and oxygen atoms in total. The Morgan fingerprint density at radius 3 is 2.23 bits per heavy atom. The van der Waals surface area contributed by atoms with Crippen molar-refractivity contribution in [2.24, 2.45) is 0 Å². The highest BCUT2D eigenvalue weighted by Gasteiger charge is 2.12. The van der Waals surface area contributed by atoms with E-state index in [0.717, 1.165) is 4.47 Å². The average molecular weight is 470 g/mol. The molecule has 0 aliphatic heterocycles. The molecule has 0 saturated carbocycles. The molecule has 0 fully saturated rings. The number of nitrogens with zero attached hydrogens (tertiary/aromatic N) is 1. The van der Waals surface area contributed by atoms with Crippen LogP contribution in [0.5, 0.6) is 5.75 Å². The van der Waals surface area contributed by atoms with Crippen molar-refractivity contribution in [1.29, 1.82) is 0 Å². The number of hydrogen-bond acceptors (Lipinski definition) is 5. The van der Waals surface area contributed by atoms with E-state index in [-0.39, 0.29) is 23.8 Å². The van der Waals surface area contributed by atoms with Gasteiger partial charge in [-0.25, -0.2) is 0 Å². The molecule has 0 bridgehead atoms. The van der Waals surface area contributed by atoms with Gasteiger partial charge in [-0.05, 0) is 54.6 Å². The number of ether oxygens (including phenoxy) is 1. The highest BCUT2D eigenvalue weighted by atomic mass is 79.9. The molecule has 0 atom stereocenters. The number of halogens is 1. The molecule has 0 spiro atoms. The van der Waals surface area contributed by atoms with Crippen LogP contribution in [0.4, 0.5) is 17.1 Å². The highest BCUT2D eigenvalue weighted by Crippen LogP contribution is 2.19. The van der Waals surface area contributed by atoms with Crippen LogP contribution in [0.3, 0.4) is 0 Å². The Balaban J connectivity index is 1.52. The van der Waals surface area contributed by atoms with Gasteiger partial charge in [-0.2, -0.15) is 0 Å². The highest BCUT2D eigenvalue weighted by molar-refractivity contribution is 9.10. The van der Waals surface area contributed by atoms with Gasteiger partial charge in [-0.1, -0.05) is 22.0 Å². The van der Waals surface area contributed by atoms with Crippen LogP contribution in [0.1, 0.15) is 10.4 Å². The lowest BCUT2D eigenvalue weighted by molar-refractivity contribution is -0.384.